The zero-order chi connectivity index (χ0) is 21.6. The summed E-state index contributed by atoms with van der Waals surface area (Å²) in [6.07, 6.45) is 5.50. The Balaban J connectivity index is 0.00000289. The highest BCUT2D eigenvalue weighted by atomic mass is 35.5. The van der Waals surface area contributed by atoms with Crippen LogP contribution in [-0.2, 0) is 12.8 Å². The fourth-order valence-electron chi connectivity index (χ4n) is 3.67. The van der Waals surface area contributed by atoms with Gasteiger partial charge >= 0.3 is 0 Å². The molecule has 4 rings (SSSR count). The molecule has 0 bridgehead atoms. The molecule has 0 radical (unpaired) electrons. The maximum atomic E-state index is 9.49. The summed E-state index contributed by atoms with van der Waals surface area (Å²) in [5, 5.41) is 10.2. The van der Waals surface area contributed by atoms with E-state index in [1.807, 2.05) is 54.6 Å². The average molecular weight is 463 g/mol. The van der Waals surface area contributed by atoms with Crippen molar-refractivity contribution in [1.29, 1.82) is 5.26 Å². The molecule has 1 aliphatic heterocycles. The number of benzene rings is 2. The first kappa shape index (κ1) is 23.5. The van der Waals surface area contributed by atoms with Crippen molar-refractivity contribution in [3.8, 4) is 6.07 Å². The Labute approximate surface area is 200 Å². The van der Waals surface area contributed by atoms with Gasteiger partial charge in [-0.15, -0.1) is 12.4 Å². The monoisotopic (exact) mass is 462 g/mol. The first-order valence-electron chi connectivity index (χ1n) is 10.3. The summed E-state index contributed by atoms with van der Waals surface area (Å²) >= 11 is 5.97. The number of aryl methyl sites for hydroxylation is 2. The summed E-state index contributed by atoms with van der Waals surface area (Å²) in [4.78, 5) is 11.8. The smallest absolute Gasteiger partial charge is 0.101 e. The number of hydrogen-bond acceptors (Lipinski definition) is 4. The van der Waals surface area contributed by atoms with E-state index in [-0.39, 0.29) is 12.4 Å². The topological polar surface area (TPSA) is 52.3 Å². The number of benzodiazepines with no additional fused rings is 1. The normalized spacial score (nSPS) is 13.0. The van der Waals surface area contributed by atoms with E-state index in [4.69, 9.17) is 21.6 Å². The summed E-state index contributed by atoms with van der Waals surface area (Å²) in [6, 6.07) is 22.1. The largest absolute Gasteiger partial charge is 0.372 e. The Hall–Kier alpha value is -3.13. The van der Waals surface area contributed by atoms with Crippen LogP contribution < -0.4 is 4.90 Å². The van der Waals surface area contributed by atoms with Gasteiger partial charge in [-0.2, -0.15) is 5.26 Å². The fourth-order valence-corrected chi connectivity index (χ4v) is 3.80. The third kappa shape index (κ3) is 5.56. The molecule has 2 heterocycles. The van der Waals surface area contributed by atoms with E-state index >= 15 is 0 Å². The Kier molecular flexibility index (Phi) is 8.05. The molecule has 0 amide bonds. The number of fused-ring (bicyclic) bond motifs is 1. The van der Waals surface area contributed by atoms with Crippen LogP contribution in [0.25, 0.3) is 6.08 Å². The Morgan fingerprint density at radius 1 is 1.03 bits per heavy atom. The van der Waals surface area contributed by atoms with Crippen LogP contribution in [-0.4, -0.2) is 30.8 Å². The van der Waals surface area contributed by atoms with E-state index < -0.39 is 0 Å². The molecule has 0 unspecified atom stereocenters. The summed E-state index contributed by atoms with van der Waals surface area (Å²) in [5.74, 6) is 0. The van der Waals surface area contributed by atoms with E-state index in [0.29, 0.717) is 12.0 Å². The van der Waals surface area contributed by atoms with E-state index in [1.165, 1.54) is 11.3 Å². The first-order chi connectivity index (χ1) is 15.1. The molecule has 3 aromatic rings. The lowest BCUT2D eigenvalue weighted by Crippen LogP contribution is -2.20. The van der Waals surface area contributed by atoms with Crippen molar-refractivity contribution >= 4 is 41.5 Å². The van der Waals surface area contributed by atoms with Crippen molar-refractivity contribution in [2.75, 3.05) is 25.0 Å². The molecular formula is C26H24Cl2N4. The van der Waals surface area contributed by atoms with Gasteiger partial charge in [-0.05, 0) is 60.9 Å². The third-order valence-corrected chi connectivity index (χ3v) is 5.65. The highest BCUT2D eigenvalue weighted by Gasteiger charge is 2.14. The second kappa shape index (κ2) is 10.9. The molecule has 1 aliphatic rings. The van der Waals surface area contributed by atoms with Crippen LogP contribution in [0, 0.1) is 11.3 Å². The maximum absolute atomic E-state index is 9.49. The molecule has 0 atom stereocenters. The number of aliphatic imine (C=N–C) groups is 1. The predicted molar refractivity (Wildman–Crippen MR) is 135 cm³/mol. The van der Waals surface area contributed by atoms with Crippen LogP contribution in [0.2, 0.25) is 5.02 Å². The number of nitrogens with zero attached hydrogens (tertiary/aromatic N) is 4. The highest BCUT2D eigenvalue weighted by Crippen LogP contribution is 2.23. The van der Waals surface area contributed by atoms with Gasteiger partial charge < -0.3 is 4.90 Å². The minimum Gasteiger partial charge on any atom is -0.372 e. The maximum Gasteiger partial charge on any atom is 0.101 e. The summed E-state index contributed by atoms with van der Waals surface area (Å²) < 4.78 is 0. The van der Waals surface area contributed by atoms with Gasteiger partial charge in [-0.1, -0.05) is 41.9 Å². The second-order valence-corrected chi connectivity index (χ2v) is 7.94. The fraction of sp³-hybridized carbons (Fsp3) is 0.192. The molecule has 162 valence electrons. The number of rotatable bonds is 5. The SMILES string of the molecule is CN1CCN=C(/C=C/c2ccc(C#N)c(CCc3ccc(Cl)cc3)n2)c2ccccc21.Cl. The Bertz CT molecular complexity index is 1180. The Morgan fingerprint density at radius 2 is 1.81 bits per heavy atom. The second-order valence-electron chi connectivity index (χ2n) is 7.51. The van der Waals surface area contributed by atoms with E-state index in [9.17, 15) is 5.26 Å². The average Bonchev–Trinajstić information content (AvgIpc) is 2.96. The zero-order valence-corrected chi connectivity index (χ0v) is 19.4. The number of para-hydroxylation sites is 1. The van der Waals surface area contributed by atoms with Gasteiger partial charge in [0.15, 0.2) is 0 Å². The zero-order valence-electron chi connectivity index (χ0n) is 17.8. The summed E-state index contributed by atoms with van der Waals surface area (Å²) in [6.45, 7) is 1.64. The molecule has 4 nitrogen and oxygen atoms in total. The van der Waals surface area contributed by atoms with Crippen molar-refractivity contribution < 1.29 is 0 Å². The van der Waals surface area contributed by atoms with Crippen molar-refractivity contribution in [2.24, 2.45) is 4.99 Å². The summed E-state index contributed by atoms with van der Waals surface area (Å²) in [7, 11) is 2.09. The number of nitriles is 1. The minimum absolute atomic E-state index is 0. The number of pyridine rings is 1. The minimum atomic E-state index is 0. The number of aromatic nitrogens is 1. The van der Waals surface area contributed by atoms with Crippen molar-refractivity contribution in [3.63, 3.8) is 0 Å². The van der Waals surface area contributed by atoms with Gasteiger partial charge in [0.1, 0.15) is 6.07 Å². The van der Waals surface area contributed by atoms with Crippen LogP contribution in [0.1, 0.15) is 28.1 Å². The number of halogens is 2. The van der Waals surface area contributed by atoms with Crippen LogP contribution in [0.3, 0.4) is 0 Å². The molecule has 0 aliphatic carbocycles. The molecular weight excluding hydrogens is 439 g/mol. The number of anilines is 1. The van der Waals surface area contributed by atoms with Gasteiger partial charge in [0.25, 0.3) is 0 Å². The summed E-state index contributed by atoms with van der Waals surface area (Å²) in [5.41, 5.74) is 6.67. The lowest BCUT2D eigenvalue weighted by Gasteiger charge is -2.18. The lowest BCUT2D eigenvalue weighted by molar-refractivity contribution is 0.897. The molecule has 32 heavy (non-hydrogen) atoms. The van der Waals surface area contributed by atoms with E-state index in [1.54, 1.807) is 0 Å². The van der Waals surface area contributed by atoms with E-state index in [2.05, 4.69) is 36.2 Å². The molecule has 0 N–H and O–H groups in total. The van der Waals surface area contributed by atoms with Crippen molar-refractivity contribution in [2.45, 2.75) is 12.8 Å². The van der Waals surface area contributed by atoms with Gasteiger partial charge in [0, 0.05) is 29.9 Å². The van der Waals surface area contributed by atoms with Crippen molar-refractivity contribution in [1.82, 2.24) is 4.98 Å². The third-order valence-electron chi connectivity index (χ3n) is 5.40. The lowest BCUT2D eigenvalue weighted by atomic mass is 10.0. The van der Waals surface area contributed by atoms with Crippen LogP contribution >= 0.6 is 24.0 Å². The molecule has 1 aromatic heterocycles. The van der Waals surface area contributed by atoms with Gasteiger partial charge in [-0.25, -0.2) is 0 Å². The predicted octanol–water partition coefficient (Wildman–Crippen LogP) is 5.77. The number of likely N-dealkylation sites (N-methyl/N-ethyl adjacent to an activating group) is 1. The molecule has 6 heteroatoms. The molecule has 0 saturated heterocycles. The highest BCUT2D eigenvalue weighted by molar-refractivity contribution is 6.30. The first-order valence-corrected chi connectivity index (χ1v) is 10.7. The number of allylic oxidation sites excluding steroid dienone is 1. The molecule has 0 spiro atoms. The Morgan fingerprint density at radius 3 is 2.59 bits per heavy atom. The molecule has 0 fully saturated rings. The van der Waals surface area contributed by atoms with Gasteiger partial charge in [0.05, 0.1) is 29.2 Å². The quantitative estimate of drug-likeness (QED) is 0.483. The van der Waals surface area contributed by atoms with Gasteiger partial charge in [0.2, 0.25) is 0 Å². The van der Waals surface area contributed by atoms with Gasteiger partial charge in [-0.3, -0.25) is 9.98 Å². The van der Waals surface area contributed by atoms with E-state index in [0.717, 1.165) is 47.2 Å². The van der Waals surface area contributed by atoms with Crippen LogP contribution in [0.4, 0.5) is 5.69 Å². The van der Waals surface area contributed by atoms with Crippen LogP contribution in [0.15, 0.2) is 71.7 Å². The standard InChI is InChI=1S/C26H23ClN4.ClH/c1-31-17-16-29-25(23-4-2-3-5-26(23)31)15-13-22-12-9-20(18-28)24(30-22)14-8-19-6-10-21(27)11-7-19;/h2-7,9-13,15H,8,14,16-17H2,1H3;1H/b15-13+;. The molecule has 2 aromatic carbocycles. The molecule has 0 saturated carbocycles. The van der Waals surface area contributed by atoms with Crippen LogP contribution in [0.5, 0.6) is 0 Å². The number of hydrogen-bond donors (Lipinski definition) is 0. The van der Waals surface area contributed by atoms with Crippen molar-refractivity contribution in [3.05, 3.63) is 99.8 Å².